The van der Waals surface area contributed by atoms with Crippen molar-refractivity contribution in [1.29, 1.82) is 0 Å². The van der Waals surface area contributed by atoms with Crippen molar-refractivity contribution in [3.8, 4) is 5.75 Å². The maximum Gasteiger partial charge on any atom is 0.123 e. The van der Waals surface area contributed by atoms with Gasteiger partial charge in [-0.3, -0.25) is 4.90 Å². The van der Waals surface area contributed by atoms with Gasteiger partial charge in [0.15, 0.2) is 0 Å². The van der Waals surface area contributed by atoms with E-state index in [-0.39, 0.29) is 0 Å². The van der Waals surface area contributed by atoms with E-state index >= 15 is 0 Å². The molecule has 1 aliphatic carbocycles. The van der Waals surface area contributed by atoms with Crippen LogP contribution in [0.25, 0.3) is 0 Å². The zero-order valence-electron chi connectivity index (χ0n) is 11.8. The van der Waals surface area contributed by atoms with Crippen molar-refractivity contribution in [2.24, 2.45) is 5.92 Å². The summed E-state index contributed by atoms with van der Waals surface area (Å²) in [6, 6.07) is 6.76. The Bertz CT molecular complexity index is 446. The van der Waals surface area contributed by atoms with E-state index in [0.717, 1.165) is 29.9 Å². The van der Waals surface area contributed by atoms with Crippen molar-refractivity contribution in [3.05, 3.63) is 23.8 Å². The van der Waals surface area contributed by atoms with Crippen LogP contribution in [0.15, 0.2) is 18.2 Å². The lowest BCUT2D eigenvalue weighted by atomic mass is 9.91. The first-order valence-electron chi connectivity index (χ1n) is 7.44. The molecule has 2 atom stereocenters. The Labute approximate surface area is 115 Å². The molecule has 0 aromatic heterocycles. The van der Waals surface area contributed by atoms with Crippen LogP contribution in [0.1, 0.15) is 37.7 Å². The van der Waals surface area contributed by atoms with Crippen LogP contribution in [0.3, 0.4) is 0 Å². The number of anilines is 1. The topological polar surface area (TPSA) is 38.5 Å². The standard InChI is InChI=1S/C16H24N2O/c1-19-16-8-7-14(17)10-13(16)11-18-9-3-5-12-4-2-6-15(12)18/h7-8,10,12,15H,2-6,9,11,17H2,1H3. The first kappa shape index (κ1) is 12.8. The van der Waals surface area contributed by atoms with Crippen molar-refractivity contribution in [2.45, 2.75) is 44.7 Å². The number of piperidine rings is 1. The molecule has 3 nitrogen and oxygen atoms in total. The van der Waals surface area contributed by atoms with Gasteiger partial charge in [0.25, 0.3) is 0 Å². The molecule has 3 heteroatoms. The van der Waals surface area contributed by atoms with Crippen molar-refractivity contribution in [3.63, 3.8) is 0 Å². The number of nitrogen functional groups attached to an aromatic ring is 1. The Morgan fingerprint density at radius 2 is 2.11 bits per heavy atom. The highest BCUT2D eigenvalue weighted by Crippen LogP contribution is 2.38. The van der Waals surface area contributed by atoms with Crippen LogP contribution >= 0.6 is 0 Å². The highest BCUT2D eigenvalue weighted by molar-refractivity contribution is 5.47. The number of ether oxygens (including phenoxy) is 1. The SMILES string of the molecule is COc1ccc(N)cc1CN1CCCC2CCCC21. The number of hydrogen-bond acceptors (Lipinski definition) is 3. The maximum absolute atomic E-state index is 5.92. The minimum Gasteiger partial charge on any atom is -0.496 e. The Balaban J connectivity index is 1.78. The third kappa shape index (κ3) is 2.57. The lowest BCUT2D eigenvalue weighted by Crippen LogP contribution is -2.41. The minimum atomic E-state index is 0.792. The Hall–Kier alpha value is -1.22. The summed E-state index contributed by atoms with van der Waals surface area (Å²) in [5.74, 6) is 1.90. The van der Waals surface area contributed by atoms with Gasteiger partial charge in [0.1, 0.15) is 5.75 Å². The van der Waals surface area contributed by atoms with Crippen LogP contribution in [-0.2, 0) is 6.54 Å². The molecule has 1 aromatic rings. The number of hydrogen-bond donors (Lipinski definition) is 1. The maximum atomic E-state index is 5.92. The van der Waals surface area contributed by atoms with Gasteiger partial charge in [0.2, 0.25) is 0 Å². The molecule has 19 heavy (non-hydrogen) atoms. The summed E-state index contributed by atoms with van der Waals surface area (Å²) in [6.07, 6.45) is 6.96. The van der Waals surface area contributed by atoms with Crippen LogP contribution < -0.4 is 10.5 Å². The number of likely N-dealkylation sites (tertiary alicyclic amines) is 1. The minimum absolute atomic E-state index is 0.792. The molecule has 1 aliphatic heterocycles. The molecule has 1 saturated heterocycles. The fourth-order valence-electron chi connectivity index (χ4n) is 3.89. The summed E-state index contributed by atoms with van der Waals surface area (Å²) >= 11 is 0. The van der Waals surface area contributed by atoms with E-state index in [9.17, 15) is 0 Å². The second-order valence-electron chi connectivity index (χ2n) is 5.94. The summed E-state index contributed by atoms with van der Waals surface area (Å²) in [4.78, 5) is 2.65. The highest BCUT2D eigenvalue weighted by Gasteiger charge is 2.34. The number of nitrogens with two attached hydrogens (primary N) is 1. The molecule has 0 spiro atoms. The molecule has 1 saturated carbocycles. The van der Waals surface area contributed by atoms with Gasteiger partial charge in [-0.15, -0.1) is 0 Å². The first-order chi connectivity index (χ1) is 9.28. The molecular formula is C16H24N2O. The summed E-state index contributed by atoms with van der Waals surface area (Å²) < 4.78 is 5.47. The second-order valence-corrected chi connectivity index (χ2v) is 5.94. The van der Waals surface area contributed by atoms with Crippen LogP contribution in [-0.4, -0.2) is 24.6 Å². The molecule has 0 radical (unpaired) electrons. The van der Waals surface area contributed by atoms with Crippen LogP contribution in [0.4, 0.5) is 5.69 Å². The first-order valence-corrected chi connectivity index (χ1v) is 7.44. The molecule has 1 aromatic carbocycles. The van der Waals surface area contributed by atoms with E-state index < -0.39 is 0 Å². The molecule has 2 N–H and O–H groups in total. The van der Waals surface area contributed by atoms with Gasteiger partial charge in [-0.05, 0) is 56.3 Å². The van der Waals surface area contributed by atoms with E-state index in [1.54, 1.807) is 7.11 Å². The number of methoxy groups -OCH3 is 1. The van der Waals surface area contributed by atoms with Crippen molar-refractivity contribution in [1.82, 2.24) is 4.90 Å². The normalized spacial score (nSPS) is 27.2. The van der Waals surface area contributed by atoms with Gasteiger partial charge in [-0.1, -0.05) is 6.42 Å². The third-order valence-electron chi connectivity index (χ3n) is 4.79. The molecule has 2 fully saturated rings. The van der Waals surface area contributed by atoms with Gasteiger partial charge in [0.05, 0.1) is 7.11 Å². The van der Waals surface area contributed by atoms with Gasteiger partial charge in [0, 0.05) is 23.8 Å². The molecule has 2 unspecified atom stereocenters. The van der Waals surface area contributed by atoms with Crippen LogP contribution in [0, 0.1) is 5.92 Å². The van der Waals surface area contributed by atoms with Crippen LogP contribution in [0.2, 0.25) is 0 Å². The summed E-state index contributed by atoms with van der Waals surface area (Å²) in [7, 11) is 1.74. The average molecular weight is 260 g/mol. The molecule has 104 valence electrons. The fraction of sp³-hybridized carbons (Fsp3) is 0.625. The molecular weight excluding hydrogens is 236 g/mol. The number of nitrogens with zero attached hydrogens (tertiary/aromatic N) is 1. The highest BCUT2D eigenvalue weighted by atomic mass is 16.5. The molecule has 0 amide bonds. The smallest absolute Gasteiger partial charge is 0.123 e. The summed E-state index contributed by atoms with van der Waals surface area (Å²) in [6.45, 7) is 2.20. The lowest BCUT2D eigenvalue weighted by molar-refractivity contribution is 0.105. The van der Waals surface area contributed by atoms with Crippen molar-refractivity contribution >= 4 is 5.69 Å². The Kier molecular flexibility index (Phi) is 3.65. The van der Waals surface area contributed by atoms with Gasteiger partial charge in [-0.2, -0.15) is 0 Å². The van der Waals surface area contributed by atoms with Gasteiger partial charge >= 0.3 is 0 Å². The van der Waals surface area contributed by atoms with Crippen molar-refractivity contribution in [2.75, 3.05) is 19.4 Å². The molecule has 0 bridgehead atoms. The predicted octanol–water partition coefficient (Wildman–Crippen LogP) is 3.04. The average Bonchev–Trinajstić information content (AvgIpc) is 2.88. The molecule has 1 heterocycles. The predicted molar refractivity (Wildman–Crippen MR) is 78.2 cm³/mol. The molecule has 3 rings (SSSR count). The van der Waals surface area contributed by atoms with Crippen LogP contribution in [0.5, 0.6) is 5.75 Å². The fourth-order valence-corrected chi connectivity index (χ4v) is 3.89. The van der Waals surface area contributed by atoms with Gasteiger partial charge < -0.3 is 10.5 Å². The van der Waals surface area contributed by atoms with Gasteiger partial charge in [-0.25, -0.2) is 0 Å². The summed E-state index contributed by atoms with van der Waals surface area (Å²) in [5, 5.41) is 0. The zero-order chi connectivity index (χ0) is 13.2. The largest absolute Gasteiger partial charge is 0.496 e. The Morgan fingerprint density at radius 3 is 2.95 bits per heavy atom. The van der Waals surface area contributed by atoms with Crippen molar-refractivity contribution < 1.29 is 4.74 Å². The second kappa shape index (κ2) is 5.41. The number of fused-ring (bicyclic) bond motifs is 1. The number of benzene rings is 1. The monoisotopic (exact) mass is 260 g/mol. The molecule has 2 aliphatic rings. The summed E-state index contributed by atoms with van der Waals surface area (Å²) in [5.41, 5.74) is 7.98. The lowest BCUT2D eigenvalue weighted by Gasteiger charge is -2.38. The third-order valence-corrected chi connectivity index (χ3v) is 4.79. The van der Waals surface area contributed by atoms with E-state index in [4.69, 9.17) is 10.5 Å². The quantitative estimate of drug-likeness (QED) is 0.849. The van der Waals surface area contributed by atoms with E-state index in [1.165, 1.54) is 44.2 Å². The Morgan fingerprint density at radius 1 is 1.26 bits per heavy atom. The van der Waals surface area contributed by atoms with E-state index in [2.05, 4.69) is 11.0 Å². The van der Waals surface area contributed by atoms with E-state index in [1.807, 2.05) is 12.1 Å². The zero-order valence-corrected chi connectivity index (χ0v) is 11.8. The number of rotatable bonds is 3. The van der Waals surface area contributed by atoms with E-state index in [0.29, 0.717) is 0 Å².